The molecule has 0 unspecified atom stereocenters. The molecule has 0 bridgehead atoms. The molecule has 0 saturated carbocycles. The van der Waals surface area contributed by atoms with Crippen LogP contribution in [0.4, 0.5) is 0 Å². The predicted octanol–water partition coefficient (Wildman–Crippen LogP) is 14.4. The summed E-state index contributed by atoms with van der Waals surface area (Å²) >= 11 is 0. The quantitative estimate of drug-likeness (QED) is 0.161. The molecular formula is C53H40N2. The van der Waals surface area contributed by atoms with E-state index in [0.717, 1.165) is 6.42 Å². The minimum atomic E-state index is 0.929. The largest absolute Gasteiger partial charge is 0.309 e. The highest BCUT2D eigenvalue weighted by molar-refractivity contribution is 6.11. The van der Waals surface area contributed by atoms with Gasteiger partial charge in [0.25, 0.3) is 0 Å². The Labute approximate surface area is 321 Å². The van der Waals surface area contributed by atoms with Crippen LogP contribution >= 0.6 is 0 Å². The Morgan fingerprint density at radius 2 is 0.909 bits per heavy atom. The molecule has 0 saturated heterocycles. The molecule has 0 amide bonds. The third-order valence-corrected chi connectivity index (χ3v) is 11.3. The van der Waals surface area contributed by atoms with E-state index in [4.69, 9.17) is 0 Å². The molecule has 1 aliphatic carbocycles. The van der Waals surface area contributed by atoms with E-state index in [9.17, 15) is 0 Å². The molecule has 1 aliphatic rings. The van der Waals surface area contributed by atoms with Crippen molar-refractivity contribution >= 4 is 43.6 Å². The van der Waals surface area contributed by atoms with Crippen molar-refractivity contribution in [2.45, 2.75) is 20.3 Å². The van der Waals surface area contributed by atoms with E-state index in [1.807, 2.05) is 26.0 Å². The minimum absolute atomic E-state index is 0.929. The number of rotatable bonds is 4. The Hall–Kier alpha value is -6.90. The summed E-state index contributed by atoms with van der Waals surface area (Å²) in [5.41, 5.74) is 17.8. The number of aromatic nitrogens is 2. The van der Waals surface area contributed by atoms with Gasteiger partial charge in [0.2, 0.25) is 0 Å². The van der Waals surface area contributed by atoms with Gasteiger partial charge >= 0.3 is 0 Å². The smallest absolute Gasteiger partial charge is 0.0541 e. The average Bonchev–Trinajstić information content (AvgIpc) is 3.91. The van der Waals surface area contributed by atoms with Crippen LogP contribution in [0.5, 0.6) is 0 Å². The molecule has 0 fully saturated rings. The topological polar surface area (TPSA) is 9.86 Å². The Morgan fingerprint density at radius 1 is 0.382 bits per heavy atom. The molecule has 8 aromatic carbocycles. The van der Waals surface area contributed by atoms with E-state index in [1.54, 1.807) is 0 Å². The van der Waals surface area contributed by atoms with E-state index in [2.05, 4.69) is 191 Å². The van der Waals surface area contributed by atoms with Crippen molar-refractivity contribution in [2.75, 3.05) is 0 Å². The summed E-state index contributed by atoms with van der Waals surface area (Å²) in [4.78, 5) is 0. The molecular weight excluding hydrogens is 665 g/mol. The maximum absolute atomic E-state index is 2.47. The summed E-state index contributed by atoms with van der Waals surface area (Å²) < 4.78 is 4.84. The zero-order valence-electron chi connectivity index (χ0n) is 31.1. The van der Waals surface area contributed by atoms with E-state index in [-0.39, 0.29) is 0 Å². The lowest BCUT2D eigenvalue weighted by atomic mass is 9.95. The maximum Gasteiger partial charge on any atom is 0.0541 e. The zero-order chi connectivity index (χ0) is 36.9. The molecule has 2 aromatic heterocycles. The number of fused-ring (bicyclic) bond motifs is 9. The van der Waals surface area contributed by atoms with Gasteiger partial charge in [-0.15, -0.1) is 0 Å². The van der Waals surface area contributed by atoms with Gasteiger partial charge in [-0.25, -0.2) is 0 Å². The standard InChI is InChI=1S/C49H32N2.C4H8/c1-2-14-37(15-3-1)50-45-20-7-6-18-41(45)44-30-35(26-27-49(44)50)33-13-10-12-32(28-33)34-24-25-36-31-43-38(42(36)29-34)19-11-23-48(43)51-46-21-8-4-16-39(46)40-17-5-9-22-47(40)51;1-3-4-2/h1-30H,31H2;3-4H,1-2H3/b;4-3-. The molecule has 55 heavy (non-hydrogen) atoms. The van der Waals surface area contributed by atoms with Gasteiger partial charge in [-0.05, 0) is 119 Å². The Morgan fingerprint density at radius 3 is 1.58 bits per heavy atom. The van der Waals surface area contributed by atoms with Gasteiger partial charge < -0.3 is 9.13 Å². The monoisotopic (exact) mass is 704 g/mol. The Balaban J connectivity index is 0.000000891. The molecule has 10 aromatic rings. The van der Waals surface area contributed by atoms with Crippen LogP contribution in [0.15, 0.2) is 194 Å². The summed E-state index contributed by atoms with van der Waals surface area (Å²) in [5.74, 6) is 0. The van der Waals surface area contributed by atoms with Crippen molar-refractivity contribution in [3.05, 3.63) is 205 Å². The van der Waals surface area contributed by atoms with Crippen molar-refractivity contribution in [3.8, 4) is 44.8 Å². The number of para-hydroxylation sites is 4. The van der Waals surface area contributed by atoms with Crippen molar-refractivity contribution < 1.29 is 0 Å². The highest BCUT2D eigenvalue weighted by atomic mass is 15.0. The van der Waals surface area contributed by atoms with Gasteiger partial charge in [-0.2, -0.15) is 0 Å². The van der Waals surface area contributed by atoms with E-state index < -0.39 is 0 Å². The Bertz CT molecular complexity index is 3020. The fourth-order valence-corrected chi connectivity index (χ4v) is 8.64. The first-order chi connectivity index (χ1) is 27.2. The zero-order valence-corrected chi connectivity index (χ0v) is 31.1. The fraction of sp³-hybridized carbons (Fsp3) is 0.0566. The lowest BCUT2D eigenvalue weighted by molar-refractivity contribution is 1.12. The van der Waals surface area contributed by atoms with Crippen molar-refractivity contribution in [1.82, 2.24) is 9.13 Å². The molecule has 2 heteroatoms. The highest BCUT2D eigenvalue weighted by Gasteiger charge is 2.24. The summed E-state index contributed by atoms with van der Waals surface area (Å²) in [7, 11) is 0. The minimum Gasteiger partial charge on any atom is -0.309 e. The van der Waals surface area contributed by atoms with Crippen molar-refractivity contribution in [2.24, 2.45) is 0 Å². The first kappa shape index (κ1) is 32.7. The third kappa shape index (κ3) is 5.41. The maximum atomic E-state index is 2.47. The van der Waals surface area contributed by atoms with Crippen LogP contribution in [0, 0.1) is 0 Å². The van der Waals surface area contributed by atoms with Gasteiger partial charge in [0.1, 0.15) is 0 Å². The van der Waals surface area contributed by atoms with Crippen LogP contribution in [0.2, 0.25) is 0 Å². The third-order valence-electron chi connectivity index (χ3n) is 11.3. The lowest BCUT2D eigenvalue weighted by Gasteiger charge is -2.13. The number of nitrogens with zero attached hydrogens (tertiary/aromatic N) is 2. The van der Waals surface area contributed by atoms with Gasteiger partial charge in [-0.3, -0.25) is 0 Å². The first-order valence-corrected chi connectivity index (χ1v) is 19.2. The molecule has 2 heterocycles. The van der Waals surface area contributed by atoms with Crippen molar-refractivity contribution in [1.29, 1.82) is 0 Å². The SMILES string of the molecule is C/C=C\C.c1ccc(-n2c3ccccc3c3cc(-c4cccc(-c5ccc6c(c5)-c5cccc(-n7c8ccccc8c8ccccc87)c5C6)c4)ccc32)cc1. The van der Waals surface area contributed by atoms with Gasteiger partial charge in [-0.1, -0.05) is 133 Å². The van der Waals surface area contributed by atoms with Crippen LogP contribution < -0.4 is 0 Å². The number of hydrogen-bond acceptors (Lipinski definition) is 0. The molecule has 0 aliphatic heterocycles. The second kappa shape index (κ2) is 13.5. The second-order valence-electron chi connectivity index (χ2n) is 14.4. The van der Waals surface area contributed by atoms with E-state index >= 15 is 0 Å². The Kier molecular flexibility index (Phi) is 8.03. The van der Waals surface area contributed by atoms with Crippen LogP contribution in [-0.4, -0.2) is 9.13 Å². The number of benzene rings is 8. The number of hydrogen-bond donors (Lipinski definition) is 0. The molecule has 0 N–H and O–H groups in total. The molecule has 0 spiro atoms. The van der Waals surface area contributed by atoms with Crippen molar-refractivity contribution in [3.63, 3.8) is 0 Å². The summed E-state index contributed by atoms with van der Waals surface area (Å²) in [6.45, 7) is 4.00. The molecule has 262 valence electrons. The van der Waals surface area contributed by atoms with Crippen LogP contribution in [0.1, 0.15) is 25.0 Å². The van der Waals surface area contributed by atoms with E-state index in [0.29, 0.717) is 0 Å². The van der Waals surface area contributed by atoms with Crippen LogP contribution in [-0.2, 0) is 6.42 Å². The van der Waals surface area contributed by atoms with Crippen LogP contribution in [0.3, 0.4) is 0 Å². The van der Waals surface area contributed by atoms with Gasteiger partial charge in [0, 0.05) is 33.7 Å². The predicted molar refractivity (Wildman–Crippen MR) is 235 cm³/mol. The molecule has 0 radical (unpaired) electrons. The first-order valence-electron chi connectivity index (χ1n) is 19.2. The molecule has 2 nitrogen and oxygen atoms in total. The normalized spacial score (nSPS) is 12.0. The van der Waals surface area contributed by atoms with Crippen LogP contribution in [0.25, 0.3) is 88.4 Å². The average molecular weight is 705 g/mol. The summed E-state index contributed by atoms with van der Waals surface area (Å²) in [6.07, 6.45) is 4.93. The lowest BCUT2D eigenvalue weighted by Crippen LogP contribution is -1.98. The molecule has 0 atom stereocenters. The number of allylic oxidation sites excluding steroid dienone is 2. The van der Waals surface area contributed by atoms with E-state index in [1.165, 1.54) is 99.5 Å². The molecule has 11 rings (SSSR count). The van der Waals surface area contributed by atoms with Gasteiger partial charge in [0.15, 0.2) is 0 Å². The highest BCUT2D eigenvalue weighted by Crippen LogP contribution is 2.44. The fourth-order valence-electron chi connectivity index (χ4n) is 8.64. The summed E-state index contributed by atoms with van der Waals surface area (Å²) in [6, 6.07) is 66.8. The van der Waals surface area contributed by atoms with Gasteiger partial charge in [0.05, 0.1) is 27.8 Å². The summed E-state index contributed by atoms with van der Waals surface area (Å²) in [5, 5.41) is 5.13. The second-order valence-corrected chi connectivity index (χ2v) is 14.4.